The maximum absolute atomic E-state index is 14.0. The van der Waals surface area contributed by atoms with Gasteiger partial charge in [-0.05, 0) is 10.6 Å². The van der Waals surface area contributed by atoms with E-state index in [1.165, 1.54) is 17.2 Å². The van der Waals surface area contributed by atoms with Gasteiger partial charge >= 0.3 is 0 Å². The number of alkyl halides is 1. The van der Waals surface area contributed by atoms with Gasteiger partial charge in [-0.15, -0.1) is 0 Å². The molecule has 3 atom stereocenters. The molecule has 1 N–H and O–H groups in total. The van der Waals surface area contributed by atoms with Crippen LogP contribution in [-0.4, -0.2) is 43.5 Å². The number of hydrogen-bond donors (Lipinski definition) is 1. The van der Waals surface area contributed by atoms with Crippen molar-refractivity contribution in [3.05, 3.63) is 23.1 Å². The number of ether oxygens (including phenoxy) is 1. The Kier molecular flexibility index (Phi) is 3.18. The predicted molar refractivity (Wildman–Crippen MR) is 64.6 cm³/mol. The van der Waals surface area contributed by atoms with Crippen LogP contribution in [0.2, 0.25) is 0 Å². The van der Waals surface area contributed by atoms with Crippen molar-refractivity contribution in [3.8, 4) is 0 Å². The maximum Gasteiger partial charge on any atom is 0.168 e. The number of rotatable bonds is 3. The lowest BCUT2D eigenvalue weighted by atomic mass is 10.2. The number of aliphatic hydroxyl groups excluding tert-OH is 1. The van der Waals surface area contributed by atoms with Crippen molar-refractivity contribution in [1.82, 2.24) is 19.5 Å². The van der Waals surface area contributed by atoms with E-state index in [1.54, 1.807) is 0 Å². The van der Waals surface area contributed by atoms with E-state index < -0.39 is 18.5 Å². The largest absolute Gasteiger partial charge is 0.394 e. The van der Waals surface area contributed by atoms with Crippen LogP contribution in [-0.2, 0) is 4.74 Å². The van der Waals surface area contributed by atoms with Gasteiger partial charge in [0.05, 0.1) is 19.0 Å². The van der Waals surface area contributed by atoms with Crippen LogP contribution in [0.1, 0.15) is 12.6 Å². The fourth-order valence-corrected chi connectivity index (χ4v) is 2.20. The molecule has 0 aromatic carbocycles. The molecule has 1 saturated heterocycles. The second kappa shape index (κ2) is 5.00. The highest BCUT2D eigenvalue weighted by molar-refractivity contribution is 5.80. The number of aromatic nitrogens is 4. The normalized spacial score (nSPS) is 25.8. The zero-order valence-corrected chi connectivity index (χ0v) is 10.2. The molecular formula is C10H10FN7O2. The fourth-order valence-electron chi connectivity index (χ4n) is 2.20. The summed E-state index contributed by atoms with van der Waals surface area (Å²) in [5.41, 5.74) is 9.04. The van der Waals surface area contributed by atoms with Crippen LogP contribution in [0, 0.1) is 0 Å². The van der Waals surface area contributed by atoms with Crippen LogP contribution in [0.3, 0.4) is 0 Å². The summed E-state index contributed by atoms with van der Waals surface area (Å²) in [6.45, 7) is -0.248. The lowest BCUT2D eigenvalue weighted by Gasteiger charge is -2.15. The summed E-state index contributed by atoms with van der Waals surface area (Å²) in [7, 11) is 0. The van der Waals surface area contributed by atoms with Gasteiger partial charge in [0.2, 0.25) is 0 Å². The van der Waals surface area contributed by atoms with Gasteiger partial charge in [-0.3, -0.25) is 4.57 Å². The molecule has 0 unspecified atom stereocenters. The van der Waals surface area contributed by atoms with E-state index in [4.69, 9.17) is 15.4 Å². The van der Waals surface area contributed by atoms with Gasteiger partial charge in [0.25, 0.3) is 0 Å². The van der Waals surface area contributed by atoms with Crippen molar-refractivity contribution < 1.29 is 14.2 Å². The lowest BCUT2D eigenvalue weighted by molar-refractivity contribution is -0.0351. The van der Waals surface area contributed by atoms with E-state index in [0.717, 1.165) is 0 Å². The summed E-state index contributed by atoms with van der Waals surface area (Å²) < 4.78 is 20.8. The summed E-state index contributed by atoms with van der Waals surface area (Å²) in [4.78, 5) is 14.5. The Labute approximate surface area is 111 Å². The Morgan fingerprint density at radius 3 is 3.10 bits per heavy atom. The Hall–Kier alpha value is -2.29. The van der Waals surface area contributed by atoms with Gasteiger partial charge < -0.3 is 9.84 Å². The van der Waals surface area contributed by atoms with Crippen molar-refractivity contribution in [2.45, 2.75) is 24.9 Å². The molecule has 104 valence electrons. The monoisotopic (exact) mass is 279 g/mol. The molecule has 0 saturated carbocycles. The smallest absolute Gasteiger partial charge is 0.168 e. The highest BCUT2D eigenvalue weighted by atomic mass is 19.1. The van der Waals surface area contributed by atoms with E-state index in [2.05, 4.69) is 25.0 Å². The number of nitrogens with zero attached hydrogens (tertiary/aromatic N) is 7. The summed E-state index contributed by atoms with van der Waals surface area (Å²) in [5, 5.41) is 12.4. The first-order valence-electron chi connectivity index (χ1n) is 5.87. The van der Waals surface area contributed by atoms with E-state index in [9.17, 15) is 4.39 Å². The number of hydrogen-bond acceptors (Lipinski definition) is 6. The first kappa shape index (κ1) is 12.7. The quantitative estimate of drug-likeness (QED) is 0.516. The second-order valence-electron chi connectivity index (χ2n) is 4.29. The summed E-state index contributed by atoms with van der Waals surface area (Å²) in [6, 6.07) is 0. The van der Waals surface area contributed by atoms with Crippen LogP contribution >= 0.6 is 0 Å². The van der Waals surface area contributed by atoms with Gasteiger partial charge in [0.1, 0.15) is 18.0 Å². The van der Waals surface area contributed by atoms with Crippen molar-refractivity contribution in [3.63, 3.8) is 0 Å². The number of azide groups is 1. The minimum Gasteiger partial charge on any atom is -0.394 e. The van der Waals surface area contributed by atoms with Crippen LogP contribution in [0.15, 0.2) is 17.8 Å². The van der Waals surface area contributed by atoms with Crippen molar-refractivity contribution in [1.29, 1.82) is 0 Å². The minimum absolute atomic E-state index is 0.0726. The van der Waals surface area contributed by atoms with Crippen LogP contribution in [0.4, 0.5) is 10.2 Å². The number of aliphatic hydroxyl groups is 1. The molecule has 3 heterocycles. The predicted octanol–water partition coefficient (Wildman–Crippen LogP) is 1.39. The highest BCUT2D eigenvalue weighted by Gasteiger charge is 2.37. The zero-order valence-electron chi connectivity index (χ0n) is 10.2. The zero-order chi connectivity index (χ0) is 14.1. The molecule has 9 nitrogen and oxygen atoms in total. The van der Waals surface area contributed by atoms with Crippen LogP contribution < -0.4 is 0 Å². The van der Waals surface area contributed by atoms with Crippen molar-refractivity contribution in [2.75, 3.05) is 6.61 Å². The molecule has 2 aromatic rings. The Bertz CT molecular complexity index is 683. The minimum atomic E-state index is -1.28. The van der Waals surface area contributed by atoms with Crippen LogP contribution in [0.5, 0.6) is 0 Å². The molecule has 0 amide bonds. The van der Waals surface area contributed by atoms with E-state index >= 15 is 0 Å². The van der Waals surface area contributed by atoms with Gasteiger partial charge in [-0.1, -0.05) is 0 Å². The highest BCUT2D eigenvalue weighted by Crippen LogP contribution is 2.33. The average Bonchev–Trinajstić information content (AvgIpc) is 3.03. The molecule has 0 aliphatic carbocycles. The van der Waals surface area contributed by atoms with Gasteiger partial charge in [0, 0.05) is 11.3 Å². The van der Waals surface area contributed by atoms with Gasteiger partial charge in [-0.25, -0.2) is 19.3 Å². The van der Waals surface area contributed by atoms with Crippen molar-refractivity contribution in [2.24, 2.45) is 5.11 Å². The molecule has 0 radical (unpaired) electrons. The molecular weight excluding hydrogens is 269 g/mol. The summed E-state index contributed by atoms with van der Waals surface area (Å²) in [5.74, 6) is 0.0726. The maximum atomic E-state index is 14.0. The Morgan fingerprint density at radius 1 is 1.55 bits per heavy atom. The Morgan fingerprint density at radius 2 is 2.40 bits per heavy atom. The first-order valence-corrected chi connectivity index (χ1v) is 5.87. The average molecular weight is 279 g/mol. The van der Waals surface area contributed by atoms with E-state index in [-0.39, 0.29) is 24.4 Å². The molecule has 1 aliphatic heterocycles. The third kappa shape index (κ3) is 1.95. The fraction of sp³-hybridized carbons (Fsp3) is 0.500. The van der Waals surface area contributed by atoms with Crippen molar-refractivity contribution >= 4 is 17.0 Å². The number of imidazole rings is 1. The number of fused-ring (bicyclic) bond motifs is 1. The molecule has 0 bridgehead atoms. The van der Waals surface area contributed by atoms with E-state index in [0.29, 0.717) is 5.65 Å². The lowest BCUT2D eigenvalue weighted by Crippen LogP contribution is -2.16. The molecule has 20 heavy (non-hydrogen) atoms. The molecule has 10 heteroatoms. The van der Waals surface area contributed by atoms with E-state index in [1.807, 2.05) is 0 Å². The topological polar surface area (TPSA) is 122 Å². The molecule has 1 fully saturated rings. The van der Waals surface area contributed by atoms with Crippen LogP contribution in [0.25, 0.3) is 21.6 Å². The molecule has 2 aromatic heterocycles. The van der Waals surface area contributed by atoms with Gasteiger partial charge in [-0.2, -0.15) is 0 Å². The SMILES string of the molecule is [N-]=[N+]=Nc1ncnc2c1ncn2[C@@H]1O[C@H](CO)C[C@H]1F. The number of halogens is 1. The summed E-state index contributed by atoms with van der Waals surface area (Å²) >= 11 is 0. The summed E-state index contributed by atoms with van der Waals surface area (Å²) in [6.07, 6.45) is -0.0720. The third-order valence-electron chi connectivity index (χ3n) is 3.09. The van der Waals surface area contributed by atoms with Gasteiger partial charge in [0.15, 0.2) is 17.7 Å². The second-order valence-corrected chi connectivity index (χ2v) is 4.29. The molecule has 3 rings (SSSR count). The third-order valence-corrected chi connectivity index (χ3v) is 3.09. The molecule has 0 spiro atoms. The standard InChI is InChI=1S/C10H10FN7O2/c11-6-1-5(2-19)20-10(6)18-4-15-7-8(16-17-12)13-3-14-9(7)18/h3-6,10,19H,1-2H2/t5-,6+,10+/m0/s1. The molecule has 1 aliphatic rings. The Balaban J connectivity index is 2.05. The first-order chi connectivity index (χ1) is 9.74.